The number of carbonyl (C=O) groups is 2. The molecule has 0 radical (unpaired) electrons. The lowest BCUT2D eigenvalue weighted by molar-refractivity contribution is -0.120. The first-order valence-corrected chi connectivity index (χ1v) is 8.93. The highest BCUT2D eigenvalue weighted by Crippen LogP contribution is 2.16. The molecule has 3 amide bonds. The Morgan fingerprint density at radius 2 is 1.74 bits per heavy atom. The van der Waals surface area contributed by atoms with Crippen molar-refractivity contribution in [2.45, 2.75) is 13.1 Å². The standard InChI is InChI=1S/C19H24N4O4/c24-18(20-13-17-2-1-9-27-17)14-22-19(25)21-12-15-3-5-16(6-4-15)23-7-10-26-11-8-23/h1-6,9H,7-8,10-14H2,(H,20,24)(H2,21,22,25). The van der Waals surface area contributed by atoms with Gasteiger partial charge in [0.25, 0.3) is 0 Å². The van der Waals surface area contributed by atoms with Crippen LogP contribution in [0.1, 0.15) is 11.3 Å². The molecule has 3 rings (SSSR count). The van der Waals surface area contributed by atoms with Crippen molar-refractivity contribution in [1.29, 1.82) is 0 Å². The highest BCUT2D eigenvalue weighted by atomic mass is 16.5. The predicted molar refractivity (Wildman–Crippen MR) is 100 cm³/mol. The molecule has 8 nitrogen and oxygen atoms in total. The molecule has 8 heteroatoms. The molecule has 0 unspecified atom stereocenters. The lowest BCUT2D eigenvalue weighted by Crippen LogP contribution is -2.41. The van der Waals surface area contributed by atoms with Crippen molar-refractivity contribution in [3.05, 3.63) is 54.0 Å². The highest BCUT2D eigenvalue weighted by Gasteiger charge is 2.11. The zero-order valence-corrected chi connectivity index (χ0v) is 15.1. The van der Waals surface area contributed by atoms with Crippen molar-refractivity contribution >= 4 is 17.6 Å². The maximum Gasteiger partial charge on any atom is 0.315 e. The summed E-state index contributed by atoms with van der Waals surface area (Å²) in [7, 11) is 0. The number of anilines is 1. The summed E-state index contributed by atoms with van der Waals surface area (Å²) >= 11 is 0. The molecule has 1 saturated heterocycles. The van der Waals surface area contributed by atoms with E-state index in [2.05, 4.69) is 20.9 Å². The Bertz CT molecular complexity index is 725. The SMILES string of the molecule is O=C(CNC(=O)NCc1ccc(N2CCOCC2)cc1)NCc1ccco1. The van der Waals surface area contributed by atoms with Gasteiger partial charge in [-0.3, -0.25) is 4.79 Å². The van der Waals surface area contributed by atoms with E-state index < -0.39 is 0 Å². The number of urea groups is 1. The molecular weight excluding hydrogens is 348 g/mol. The number of benzene rings is 1. The van der Waals surface area contributed by atoms with Crippen LogP contribution in [0.4, 0.5) is 10.5 Å². The summed E-state index contributed by atoms with van der Waals surface area (Å²) in [4.78, 5) is 25.8. The lowest BCUT2D eigenvalue weighted by Gasteiger charge is -2.28. The summed E-state index contributed by atoms with van der Waals surface area (Å²) < 4.78 is 10.5. The predicted octanol–water partition coefficient (Wildman–Crippen LogP) is 1.23. The maximum absolute atomic E-state index is 11.8. The number of hydrogen-bond donors (Lipinski definition) is 3. The van der Waals surface area contributed by atoms with Gasteiger partial charge in [0.1, 0.15) is 5.76 Å². The quantitative estimate of drug-likeness (QED) is 0.679. The van der Waals surface area contributed by atoms with Crippen molar-refractivity contribution in [1.82, 2.24) is 16.0 Å². The summed E-state index contributed by atoms with van der Waals surface area (Å²) in [5, 5.41) is 7.93. The van der Waals surface area contributed by atoms with E-state index in [1.807, 2.05) is 24.3 Å². The second kappa shape index (κ2) is 9.63. The molecule has 144 valence electrons. The van der Waals surface area contributed by atoms with Crippen LogP contribution in [-0.2, 0) is 22.6 Å². The number of morpholine rings is 1. The van der Waals surface area contributed by atoms with Gasteiger partial charge in [-0.25, -0.2) is 4.79 Å². The number of nitrogens with zero attached hydrogens (tertiary/aromatic N) is 1. The monoisotopic (exact) mass is 372 g/mol. The van der Waals surface area contributed by atoms with Crippen LogP contribution in [0, 0.1) is 0 Å². The van der Waals surface area contributed by atoms with E-state index in [1.54, 1.807) is 18.4 Å². The Hall–Kier alpha value is -3.00. The summed E-state index contributed by atoms with van der Waals surface area (Å²) in [5.74, 6) is 0.379. The molecule has 0 saturated carbocycles. The minimum Gasteiger partial charge on any atom is -0.467 e. The Balaban J connectivity index is 1.34. The van der Waals surface area contributed by atoms with Crippen molar-refractivity contribution in [2.75, 3.05) is 37.7 Å². The first kappa shape index (κ1) is 18.8. The van der Waals surface area contributed by atoms with Gasteiger partial charge >= 0.3 is 6.03 Å². The minimum absolute atomic E-state index is 0.0947. The third-order valence-corrected chi connectivity index (χ3v) is 4.22. The van der Waals surface area contributed by atoms with Crippen LogP contribution in [0.2, 0.25) is 0 Å². The molecule has 2 aromatic rings. The summed E-state index contributed by atoms with van der Waals surface area (Å²) in [5.41, 5.74) is 2.14. The maximum atomic E-state index is 11.8. The second-order valence-corrected chi connectivity index (χ2v) is 6.16. The van der Waals surface area contributed by atoms with Gasteiger partial charge in [-0.05, 0) is 29.8 Å². The average Bonchev–Trinajstić information content (AvgIpc) is 3.24. The fraction of sp³-hybridized carbons (Fsp3) is 0.368. The molecule has 0 atom stereocenters. The van der Waals surface area contributed by atoms with Crippen molar-refractivity contribution in [3.63, 3.8) is 0 Å². The first-order valence-electron chi connectivity index (χ1n) is 8.93. The van der Waals surface area contributed by atoms with Gasteiger partial charge in [-0.1, -0.05) is 12.1 Å². The van der Waals surface area contributed by atoms with Gasteiger partial charge in [-0.2, -0.15) is 0 Å². The van der Waals surface area contributed by atoms with Crippen LogP contribution in [0.25, 0.3) is 0 Å². The molecule has 1 aromatic carbocycles. The van der Waals surface area contributed by atoms with Crippen LogP contribution in [0.5, 0.6) is 0 Å². The zero-order valence-electron chi connectivity index (χ0n) is 15.1. The Labute approximate surface area is 157 Å². The lowest BCUT2D eigenvalue weighted by atomic mass is 10.2. The number of carbonyl (C=O) groups excluding carboxylic acids is 2. The van der Waals surface area contributed by atoms with Gasteiger partial charge < -0.3 is 30.0 Å². The molecule has 3 N–H and O–H groups in total. The largest absolute Gasteiger partial charge is 0.467 e. The first-order chi connectivity index (χ1) is 13.2. The smallest absolute Gasteiger partial charge is 0.315 e. The third kappa shape index (κ3) is 6.03. The number of furan rings is 1. The van der Waals surface area contributed by atoms with Crippen LogP contribution in [-0.4, -0.2) is 44.8 Å². The van der Waals surface area contributed by atoms with E-state index in [0.717, 1.165) is 37.6 Å². The molecule has 1 fully saturated rings. The second-order valence-electron chi connectivity index (χ2n) is 6.16. The van der Waals surface area contributed by atoms with Gasteiger partial charge in [0.15, 0.2) is 0 Å². The van der Waals surface area contributed by atoms with Crippen LogP contribution < -0.4 is 20.9 Å². The van der Waals surface area contributed by atoms with Crippen LogP contribution in [0.3, 0.4) is 0 Å². The molecule has 0 bridgehead atoms. The van der Waals surface area contributed by atoms with Gasteiger partial charge in [0, 0.05) is 25.3 Å². The molecule has 27 heavy (non-hydrogen) atoms. The number of amides is 3. The Morgan fingerprint density at radius 1 is 0.963 bits per heavy atom. The fourth-order valence-corrected chi connectivity index (χ4v) is 2.71. The van der Waals surface area contributed by atoms with Crippen molar-refractivity contribution < 1.29 is 18.7 Å². The van der Waals surface area contributed by atoms with E-state index in [1.165, 1.54) is 0 Å². The van der Waals surface area contributed by atoms with Gasteiger partial charge in [0.05, 0.1) is 32.6 Å². The van der Waals surface area contributed by atoms with Gasteiger partial charge in [0.2, 0.25) is 5.91 Å². The van der Waals surface area contributed by atoms with E-state index in [0.29, 0.717) is 18.8 Å². The van der Waals surface area contributed by atoms with E-state index >= 15 is 0 Å². The normalized spacial score (nSPS) is 13.9. The summed E-state index contributed by atoms with van der Waals surface area (Å²) in [6.45, 7) is 3.87. The molecule has 0 aliphatic carbocycles. The average molecular weight is 372 g/mol. The highest BCUT2D eigenvalue weighted by molar-refractivity contribution is 5.83. The number of ether oxygens (including phenoxy) is 1. The van der Waals surface area contributed by atoms with Gasteiger partial charge in [-0.15, -0.1) is 0 Å². The third-order valence-electron chi connectivity index (χ3n) is 4.22. The Kier molecular flexibility index (Phi) is 6.70. The molecule has 1 aromatic heterocycles. The molecule has 0 spiro atoms. The number of rotatable bonds is 7. The van der Waals surface area contributed by atoms with Crippen LogP contribution >= 0.6 is 0 Å². The van der Waals surface area contributed by atoms with E-state index in [9.17, 15) is 9.59 Å². The van der Waals surface area contributed by atoms with E-state index in [-0.39, 0.29) is 18.5 Å². The van der Waals surface area contributed by atoms with Crippen LogP contribution in [0.15, 0.2) is 47.1 Å². The summed E-state index contributed by atoms with van der Waals surface area (Å²) in [6.07, 6.45) is 1.54. The van der Waals surface area contributed by atoms with E-state index in [4.69, 9.17) is 9.15 Å². The molecule has 1 aliphatic heterocycles. The molecule has 1 aliphatic rings. The molecule has 2 heterocycles. The molecular formula is C19H24N4O4. The number of hydrogen-bond acceptors (Lipinski definition) is 5. The zero-order chi connectivity index (χ0) is 18.9. The summed E-state index contributed by atoms with van der Waals surface area (Å²) in [6, 6.07) is 11.2. The van der Waals surface area contributed by atoms with Crippen molar-refractivity contribution in [2.24, 2.45) is 0 Å². The number of nitrogens with one attached hydrogen (secondary N) is 3. The Morgan fingerprint density at radius 3 is 2.44 bits per heavy atom. The minimum atomic E-state index is -0.389. The topological polar surface area (TPSA) is 95.8 Å². The fourth-order valence-electron chi connectivity index (χ4n) is 2.71. The van der Waals surface area contributed by atoms with Crippen molar-refractivity contribution in [3.8, 4) is 0 Å².